The molecule has 1 saturated carbocycles. The summed E-state index contributed by atoms with van der Waals surface area (Å²) in [4.78, 5) is 0. The van der Waals surface area contributed by atoms with Gasteiger partial charge in [-0.05, 0) is 66.8 Å². The van der Waals surface area contributed by atoms with Gasteiger partial charge in [-0.3, -0.25) is 0 Å². The maximum atomic E-state index is 5.90. The summed E-state index contributed by atoms with van der Waals surface area (Å²) in [5.74, 6) is 0.722. The van der Waals surface area contributed by atoms with Crippen LogP contribution in [0.4, 0.5) is 0 Å². The summed E-state index contributed by atoms with van der Waals surface area (Å²) >= 11 is 3.58. The third-order valence-corrected chi connectivity index (χ3v) is 4.72. The molecule has 3 rings (SSSR count). The fourth-order valence-electron chi connectivity index (χ4n) is 3.21. The van der Waals surface area contributed by atoms with Crippen LogP contribution in [0.3, 0.4) is 0 Å². The molecule has 2 aliphatic carbocycles. The van der Waals surface area contributed by atoms with E-state index in [4.69, 9.17) is 5.73 Å². The summed E-state index contributed by atoms with van der Waals surface area (Å²) in [7, 11) is 0. The first kappa shape index (κ1) is 9.86. The Labute approximate surface area is 99.2 Å². The third kappa shape index (κ3) is 1.38. The van der Waals surface area contributed by atoms with Gasteiger partial charge in [-0.2, -0.15) is 0 Å². The van der Waals surface area contributed by atoms with E-state index in [9.17, 15) is 0 Å². The minimum Gasteiger partial charge on any atom is -0.330 e. The smallest absolute Gasteiger partial charge is 0.0178 e. The molecule has 0 aliphatic heterocycles. The predicted molar refractivity (Wildman–Crippen MR) is 65.9 cm³/mol. The first-order valence-electron chi connectivity index (χ1n) is 5.75. The molecule has 1 unspecified atom stereocenters. The normalized spacial score (nSPS) is 26.4. The SMILES string of the molecule is NCC1CCc2ccc(Br)cc2C12CC2. The molecule has 1 fully saturated rings. The van der Waals surface area contributed by atoms with E-state index < -0.39 is 0 Å². The molecule has 1 atom stereocenters. The van der Waals surface area contributed by atoms with Gasteiger partial charge < -0.3 is 5.73 Å². The molecule has 0 amide bonds. The molecule has 0 radical (unpaired) electrons. The second-order valence-corrected chi connectivity index (χ2v) is 5.84. The van der Waals surface area contributed by atoms with E-state index >= 15 is 0 Å². The van der Waals surface area contributed by atoms with Crippen molar-refractivity contribution in [2.24, 2.45) is 11.7 Å². The topological polar surface area (TPSA) is 26.0 Å². The van der Waals surface area contributed by atoms with E-state index in [0.29, 0.717) is 5.41 Å². The van der Waals surface area contributed by atoms with Crippen LogP contribution in [-0.2, 0) is 11.8 Å². The van der Waals surface area contributed by atoms with E-state index in [-0.39, 0.29) is 0 Å². The number of hydrogen-bond donors (Lipinski definition) is 1. The van der Waals surface area contributed by atoms with E-state index in [0.717, 1.165) is 12.5 Å². The van der Waals surface area contributed by atoms with Gasteiger partial charge in [0.15, 0.2) is 0 Å². The molecule has 0 saturated heterocycles. The second kappa shape index (κ2) is 3.33. The predicted octanol–water partition coefficient (Wildman–Crippen LogP) is 3.00. The van der Waals surface area contributed by atoms with Crippen molar-refractivity contribution >= 4 is 15.9 Å². The minimum absolute atomic E-state index is 0.464. The Morgan fingerprint density at radius 1 is 1.40 bits per heavy atom. The van der Waals surface area contributed by atoms with Gasteiger partial charge in [0.2, 0.25) is 0 Å². The maximum absolute atomic E-state index is 5.90. The number of rotatable bonds is 1. The van der Waals surface area contributed by atoms with Gasteiger partial charge in [0.25, 0.3) is 0 Å². The lowest BCUT2D eigenvalue weighted by Gasteiger charge is -2.33. The standard InChI is InChI=1S/C13H16BrN/c14-11-4-2-9-1-3-10(8-15)13(5-6-13)12(9)7-11/h2,4,7,10H,1,3,5-6,8,15H2. The van der Waals surface area contributed by atoms with Crippen molar-refractivity contribution in [3.8, 4) is 0 Å². The van der Waals surface area contributed by atoms with Crippen LogP contribution in [0.25, 0.3) is 0 Å². The van der Waals surface area contributed by atoms with E-state index in [2.05, 4.69) is 34.1 Å². The highest BCUT2D eigenvalue weighted by molar-refractivity contribution is 9.10. The Morgan fingerprint density at radius 2 is 2.20 bits per heavy atom. The van der Waals surface area contributed by atoms with Crippen molar-refractivity contribution in [2.75, 3.05) is 6.54 Å². The highest BCUT2D eigenvalue weighted by Gasteiger charge is 2.52. The van der Waals surface area contributed by atoms with Crippen LogP contribution in [0.5, 0.6) is 0 Å². The second-order valence-electron chi connectivity index (χ2n) is 4.93. The molecule has 2 N–H and O–H groups in total. The lowest BCUT2D eigenvalue weighted by atomic mass is 9.72. The summed E-state index contributed by atoms with van der Waals surface area (Å²) in [6, 6.07) is 6.77. The van der Waals surface area contributed by atoms with Crippen LogP contribution in [0.2, 0.25) is 0 Å². The van der Waals surface area contributed by atoms with E-state index in [1.165, 1.54) is 30.2 Å². The zero-order valence-corrected chi connectivity index (χ0v) is 10.4. The van der Waals surface area contributed by atoms with Gasteiger partial charge >= 0.3 is 0 Å². The van der Waals surface area contributed by atoms with Crippen LogP contribution in [-0.4, -0.2) is 6.54 Å². The zero-order chi connectivity index (χ0) is 10.5. The summed E-state index contributed by atoms with van der Waals surface area (Å²) in [6.45, 7) is 0.853. The molecule has 0 heterocycles. The molecule has 15 heavy (non-hydrogen) atoms. The molecule has 0 bridgehead atoms. The van der Waals surface area contributed by atoms with Crippen molar-refractivity contribution in [3.63, 3.8) is 0 Å². The van der Waals surface area contributed by atoms with Crippen molar-refractivity contribution in [1.29, 1.82) is 0 Å². The highest BCUT2D eigenvalue weighted by atomic mass is 79.9. The van der Waals surface area contributed by atoms with Crippen molar-refractivity contribution < 1.29 is 0 Å². The van der Waals surface area contributed by atoms with Crippen LogP contribution < -0.4 is 5.73 Å². The van der Waals surface area contributed by atoms with Crippen molar-refractivity contribution in [2.45, 2.75) is 31.1 Å². The average molecular weight is 266 g/mol. The zero-order valence-electron chi connectivity index (χ0n) is 8.80. The Bertz CT molecular complexity index is 396. The van der Waals surface area contributed by atoms with Gasteiger partial charge in [0.05, 0.1) is 0 Å². The Balaban J connectivity index is 2.10. The van der Waals surface area contributed by atoms with Crippen LogP contribution in [0.15, 0.2) is 22.7 Å². The maximum Gasteiger partial charge on any atom is 0.0178 e. The monoisotopic (exact) mass is 265 g/mol. The fourth-order valence-corrected chi connectivity index (χ4v) is 3.57. The Morgan fingerprint density at radius 3 is 2.87 bits per heavy atom. The molecular weight excluding hydrogens is 250 g/mol. The highest BCUT2D eigenvalue weighted by Crippen LogP contribution is 2.58. The third-order valence-electron chi connectivity index (χ3n) is 4.23. The van der Waals surface area contributed by atoms with Gasteiger partial charge in [-0.15, -0.1) is 0 Å². The minimum atomic E-state index is 0.464. The van der Waals surface area contributed by atoms with Gasteiger partial charge in [0, 0.05) is 4.47 Å². The average Bonchev–Trinajstić information content (AvgIpc) is 3.01. The molecule has 80 valence electrons. The molecule has 1 aromatic rings. The largest absolute Gasteiger partial charge is 0.330 e. The number of halogens is 1. The van der Waals surface area contributed by atoms with Gasteiger partial charge in [0.1, 0.15) is 0 Å². The summed E-state index contributed by atoms with van der Waals surface area (Å²) in [5, 5.41) is 0. The van der Waals surface area contributed by atoms with Gasteiger partial charge in [-0.1, -0.05) is 22.0 Å². The number of fused-ring (bicyclic) bond motifs is 2. The Hall–Kier alpha value is -0.340. The molecule has 1 nitrogen and oxygen atoms in total. The summed E-state index contributed by atoms with van der Waals surface area (Å²) < 4.78 is 1.21. The van der Waals surface area contributed by atoms with Gasteiger partial charge in [-0.25, -0.2) is 0 Å². The van der Waals surface area contributed by atoms with Crippen molar-refractivity contribution in [1.82, 2.24) is 0 Å². The fraction of sp³-hybridized carbons (Fsp3) is 0.538. The molecule has 2 heteroatoms. The quantitative estimate of drug-likeness (QED) is 0.830. The van der Waals surface area contributed by atoms with E-state index in [1.807, 2.05) is 0 Å². The number of benzene rings is 1. The van der Waals surface area contributed by atoms with Crippen molar-refractivity contribution in [3.05, 3.63) is 33.8 Å². The van der Waals surface area contributed by atoms with Crippen LogP contribution in [0, 0.1) is 5.92 Å². The number of nitrogens with two attached hydrogens (primary N) is 1. The Kier molecular flexibility index (Phi) is 2.18. The molecule has 0 aromatic heterocycles. The molecule has 1 spiro atoms. The molecule has 1 aromatic carbocycles. The van der Waals surface area contributed by atoms with Crippen LogP contribution >= 0.6 is 15.9 Å². The first-order chi connectivity index (χ1) is 7.26. The summed E-state index contributed by atoms with van der Waals surface area (Å²) in [5.41, 5.74) is 9.50. The lowest BCUT2D eigenvalue weighted by molar-refractivity contribution is 0.361. The molecular formula is C13H16BrN. The number of aryl methyl sites for hydroxylation is 1. The number of hydrogen-bond acceptors (Lipinski definition) is 1. The van der Waals surface area contributed by atoms with E-state index in [1.54, 1.807) is 11.1 Å². The molecule has 2 aliphatic rings. The first-order valence-corrected chi connectivity index (χ1v) is 6.54. The van der Waals surface area contributed by atoms with Crippen LogP contribution in [0.1, 0.15) is 30.4 Å². The lowest BCUT2D eigenvalue weighted by Crippen LogP contribution is -2.32. The summed E-state index contributed by atoms with van der Waals surface area (Å²) in [6.07, 6.45) is 5.19.